The largest absolute Gasteiger partial charge is 0.341 e. The van der Waals surface area contributed by atoms with E-state index in [0.29, 0.717) is 13.0 Å². The Morgan fingerprint density at radius 1 is 1.12 bits per heavy atom. The van der Waals surface area contributed by atoms with E-state index in [0.717, 1.165) is 37.9 Å². The number of carbonyl (C=O) groups excluding carboxylic acids is 2. The molecule has 0 bridgehead atoms. The summed E-state index contributed by atoms with van der Waals surface area (Å²) < 4.78 is 22.5. The Labute approximate surface area is 148 Å². The van der Waals surface area contributed by atoms with Gasteiger partial charge in [-0.25, -0.2) is 13.6 Å². The van der Waals surface area contributed by atoms with Gasteiger partial charge < -0.3 is 9.80 Å². The van der Waals surface area contributed by atoms with Crippen LogP contribution in [0.1, 0.15) is 31.7 Å². The van der Waals surface area contributed by atoms with Crippen LogP contribution in [0.4, 0.5) is 0 Å². The standard InChI is InChI=1S/C17H25N3O4S/c1-14(21)20(13-17(22)19-10-3-2-4-11-19)12-9-15-5-7-16(8-6-15)25(18,23)24/h5-8H,2-4,9-13H2,1H3,(H2,18,23,24). The van der Waals surface area contributed by atoms with Crippen molar-refractivity contribution in [3.8, 4) is 0 Å². The summed E-state index contributed by atoms with van der Waals surface area (Å²) in [5, 5.41) is 5.07. The van der Waals surface area contributed by atoms with Crippen molar-refractivity contribution in [2.45, 2.75) is 37.5 Å². The third kappa shape index (κ3) is 5.82. The van der Waals surface area contributed by atoms with E-state index in [4.69, 9.17) is 5.14 Å². The van der Waals surface area contributed by atoms with Crippen molar-refractivity contribution >= 4 is 21.8 Å². The fourth-order valence-corrected chi connectivity index (χ4v) is 3.38. The summed E-state index contributed by atoms with van der Waals surface area (Å²) in [6.45, 7) is 3.47. The second-order valence-corrected chi connectivity index (χ2v) is 7.88. The van der Waals surface area contributed by atoms with Crippen molar-refractivity contribution in [2.75, 3.05) is 26.2 Å². The van der Waals surface area contributed by atoms with E-state index in [2.05, 4.69) is 0 Å². The van der Waals surface area contributed by atoms with Crippen molar-refractivity contribution in [1.82, 2.24) is 9.80 Å². The van der Waals surface area contributed by atoms with Gasteiger partial charge in [-0.1, -0.05) is 12.1 Å². The highest BCUT2D eigenvalue weighted by molar-refractivity contribution is 7.89. The zero-order valence-corrected chi connectivity index (χ0v) is 15.3. The first kappa shape index (κ1) is 19.4. The molecule has 1 saturated heterocycles. The van der Waals surface area contributed by atoms with Crippen LogP contribution in [0.3, 0.4) is 0 Å². The molecule has 2 N–H and O–H groups in total. The van der Waals surface area contributed by atoms with E-state index in [1.165, 1.54) is 24.0 Å². The summed E-state index contributed by atoms with van der Waals surface area (Å²) in [5.74, 6) is -0.161. The number of hydrogen-bond acceptors (Lipinski definition) is 4. The van der Waals surface area contributed by atoms with E-state index in [-0.39, 0.29) is 23.3 Å². The molecule has 0 unspecified atom stereocenters. The van der Waals surface area contributed by atoms with Crippen LogP contribution < -0.4 is 5.14 Å². The smallest absolute Gasteiger partial charge is 0.242 e. The van der Waals surface area contributed by atoms with Crippen LogP contribution in [0, 0.1) is 0 Å². The molecule has 138 valence electrons. The molecule has 7 nitrogen and oxygen atoms in total. The molecule has 1 aromatic rings. The number of hydrogen-bond donors (Lipinski definition) is 1. The number of amides is 2. The molecule has 0 spiro atoms. The molecule has 2 amide bonds. The minimum absolute atomic E-state index is 0.0144. The molecule has 2 rings (SSSR count). The minimum Gasteiger partial charge on any atom is -0.341 e. The molecule has 1 aliphatic heterocycles. The van der Waals surface area contributed by atoms with Crippen molar-refractivity contribution < 1.29 is 18.0 Å². The van der Waals surface area contributed by atoms with Crippen molar-refractivity contribution in [1.29, 1.82) is 0 Å². The zero-order valence-electron chi connectivity index (χ0n) is 14.5. The highest BCUT2D eigenvalue weighted by Gasteiger charge is 2.20. The molecule has 8 heteroatoms. The monoisotopic (exact) mass is 367 g/mol. The number of nitrogens with two attached hydrogens (primary N) is 1. The summed E-state index contributed by atoms with van der Waals surface area (Å²) in [5.41, 5.74) is 0.879. The van der Waals surface area contributed by atoms with Gasteiger partial charge >= 0.3 is 0 Å². The topological polar surface area (TPSA) is 101 Å². The van der Waals surface area contributed by atoms with Crippen LogP contribution in [0.5, 0.6) is 0 Å². The lowest BCUT2D eigenvalue weighted by molar-refractivity contribution is -0.140. The van der Waals surface area contributed by atoms with Crippen LogP contribution in [0.25, 0.3) is 0 Å². The lowest BCUT2D eigenvalue weighted by Crippen LogP contribution is -2.44. The van der Waals surface area contributed by atoms with Crippen LogP contribution in [-0.2, 0) is 26.0 Å². The molecule has 1 heterocycles. The van der Waals surface area contributed by atoms with Crippen LogP contribution in [-0.4, -0.2) is 56.2 Å². The Morgan fingerprint density at radius 2 is 1.72 bits per heavy atom. The molecular weight excluding hydrogens is 342 g/mol. The Morgan fingerprint density at radius 3 is 2.24 bits per heavy atom. The number of primary sulfonamides is 1. The Bertz CT molecular complexity index is 710. The fourth-order valence-electron chi connectivity index (χ4n) is 2.86. The molecule has 0 saturated carbocycles. The highest BCUT2D eigenvalue weighted by Crippen LogP contribution is 2.11. The van der Waals surface area contributed by atoms with Gasteiger partial charge in [0.15, 0.2) is 0 Å². The molecule has 0 radical (unpaired) electrons. The predicted molar refractivity (Wildman–Crippen MR) is 94.2 cm³/mol. The third-order valence-corrected chi connectivity index (χ3v) is 5.33. The first-order valence-corrected chi connectivity index (χ1v) is 9.97. The Balaban J connectivity index is 1.93. The van der Waals surface area contributed by atoms with Gasteiger partial charge in [-0.15, -0.1) is 0 Å². The summed E-state index contributed by atoms with van der Waals surface area (Å²) in [7, 11) is -3.71. The van der Waals surface area contributed by atoms with Crippen molar-refractivity contribution in [3.05, 3.63) is 29.8 Å². The maximum Gasteiger partial charge on any atom is 0.242 e. The van der Waals surface area contributed by atoms with E-state index in [1.54, 1.807) is 12.1 Å². The number of sulfonamides is 1. The lowest BCUT2D eigenvalue weighted by Gasteiger charge is -2.29. The van der Waals surface area contributed by atoms with Gasteiger partial charge in [-0.2, -0.15) is 0 Å². The number of benzene rings is 1. The van der Waals surface area contributed by atoms with Gasteiger partial charge in [0.25, 0.3) is 0 Å². The molecule has 1 aliphatic rings. The minimum atomic E-state index is -3.71. The highest BCUT2D eigenvalue weighted by atomic mass is 32.2. The lowest BCUT2D eigenvalue weighted by atomic mass is 10.1. The number of piperidine rings is 1. The fraction of sp³-hybridized carbons (Fsp3) is 0.529. The molecule has 0 aromatic heterocycles. The zero-order chi connectivity index (χ0) is 18.4. The van der Waals surface area contributed by atoms with E-state index in [9.17, 15) is 18.0 Å². The Kier molecular flexibility index (Phi) is 6.55. The summed E-state index contributed by atoms with van der Waals surface area (Å²) in [4.78, 5) is 27.6. The molecule has 0 atom stereocenters. The maximum absolute atomic E-state index is 12.3. The van der Waals surface area contributed by atoms with E-state index < -0.39 is 10.0 Å². The van der Waals surface area contributed by atoms with Crippen LogP contribution in [0.15, 0.2) is 29.2 Å². The van der Waals surface area contributed by atoms with Gasteiger partial charge in [0.05, 0.1) is 11.4 Å². The Hall–Kier alpha value is -1.93. The van der Waals surface area contributed by atoms with Gasteiger partial charge in [0, 0.05) is 26.6 Å². The average Bonchev–Trinajstić information content (AvgIpc) is 2.58. The molecular formula is C17H25N3O4S. The second kappa shape index (κ2) is 8.44. The van der Waals surface area contributed by atoms with Gasteiger partial charge in [-0.05, 0) is 43.4 Å². The second-order valence-electron chi connectivity index (χ2n) is 6.32. The van der Waals surface area contributed by atoms with Crippen LogP contribution >= 0.6 is 0 Å². The number of nitrogens with zero attached hydrogens (tertiary/aromatic N) is 2. The normalized spacial score (nSPS) is 15.0. The quantitative estimate of drug-likeness (QED) is 0.801. The first-order valence-electron chi connectivity index (χ1n) is 8.42. The molecule has 0 aliphatic carbocycles. The van der Waals surface area contributed by atoms with Crippen molar-refractivity contribution in [3.63, 3.8) is 0 Å². The SMILES string of the molecule is CC(=O)N(CCc1ccc(S(N)(=O)=O)cc1)CC(=O)N1CCCCC1. The van der Waals surface area contributed by atoms with Gasteiger partial charge in [-0.3, -0.25) is 9.59 Å². The number of carbonyl (C=O) groups is 2. The summed E-state index contributed by atoms with van der Waals surface area (Å²) in [6, 6.07) is 6.23. The van der Waals surface area contributed by atoms with E-state index in [1.807, 2.05) is 4.90 Å². The van der Waals surface area contributed by atoms with Gasteiger partial charge in [0.2, 0.25) is 21.8 Å². The molecule has 25 heavy (non-hydrogen) atoms. The average molecular weight is 367 g/mol. The number of rotatable bonds is 6. The molecule has 1 aromatic carbocycles. The van der Waals surface area contributed by atoms with Gasteiger partial charge in [0.1, 0.15) is 0 Å². The summed E-state index contributed by atoms with van der Waals surface area (Å²) >= 11 is 0. The molecule has 1 fully saturated rings. The maximum atomic E-state index is 12.3. The third-order valence-electron chi connectivity index (χ3n) is 4.40. The van der Waals surface area contributed by atoms with Crippen molar-refractivity contribution in [2.24, 2.45) is 5.14 Å². The first-order chi connectivity index (χ1) is 11.8. The predicted octanol–water partition coefficient (Wildman–Crippen LogP) is 0.738. The summed E-state index contributed by atoms with van der Waals surface area (Å²) in [6.07, 6.45) is 3.72. The van der Waals surface area contributed by atoms with Crippen LogP contribution in [0.2, 0.25) is 0 Å². The van der Waals surface area contributed by atoms with E-state index >= 15 is 0 Å². The number of likely N-dealkylation sites (tertiary alicyclic amines) is 1.